The zero-order chi connectivity index (χ0) is 14.6. The molecular formula is C15H24N2O2S. The second-order valence-corrected chi connectivity index (χ2v) is 7.80. The molecule has 0 spiro atoms. The minimum Gasteiger partial charge on any atom is -0.329 e. The van der Waals surface area contributed by atoms with Crippen LogP contribution in [0.2, 0.25) is 0 Å². The van der Waals surface area contributed by atoms with Crippen molar-refractivity contribution in [1.82, 2.24) is 4.90 Å². The average molecular weight is 296 g/mol. The average Bonchev–Trinajstić information content (AvgIpc) is 2.46. The van der Waals surface area contributed by atoms with Crippen LogP contribution in [0.1, 0.15) is 30.5 Å². The van der Waals surface area contributed by atoms with Gasteiger partial charge in [-0.05, 0) is 30.5 Å². The van der Waals surface area contributed by atoms with Gasteiger partial charge in [-0.3, -0.25) is 4.90 Å². The first-order valence-electron chi connectivity index (χ1n) is 7.29. The van der Waals surface area contributed by atoms with Crippen LogP contribution in [0, 0.1) is 0 Å². The molecule has 0 amide bonds. The summed E-state index contributed by atoms with van der Waals surface area (Å²) in [6, 6.07) is 8.64. The lowest BCUT2D eigenvalue weighted by molar-refractivity contribution is 0.190. The molecule has 1 atom stereocenters. The van der Waals surface area contributed by atoms with E-state index in [9.17, 15) is 8.42 Å². The molecule has 1 unspecified atom stereocenters. The first-order chi connectivity index (χ1) is 9.57. The fourth-order valence-electron chi connectivity index (χ4n) is 2.88. The fraction of sp³-hybridized carbons (Fsp3) is 0.600. The third-order valence-corrected chi connectivity index (χ3v) is 5.88. The standard InChI is InChI=1S/C15H24N2O2S/c1-2-20(18,19)11-5-9-17-10-8-13-6-3-4-7-14(13)15(17)12-16/h3-4,6-7,15H,2,5,8-12,16H2,1H3. The van der Waals surface area contributed by atoms with Gasteiger partial charge in [0.2, 0.25) is 0 Å². The van der Waals surface area contributed by atoms with Crippen molar-refractivity contribution in [1.29, 1.82) is 0 Å². The molecule has 0 saturated heterocycles. The Kier molecular flexibility index (Phi) is 5.18. The third kappa shape index (κ3) is 3.59. The normalized spacial score (nSPS) is 19.8. The summed E-state index contributed by atoms with van der Waals surface area (Å²) < 4.78 is 23.1. The van der Waals surface area contributed by atoms with Crippen LogP contribution in [0.4, 0.5) is 0 Å². The van der Waals surface area contributed by atoms with Gasteiger partial charge >= 0.3 is 0 Å². The monoisotopic (exact) mass is 296 g/mol. The van der Waals surface area contributed by atoms with Gasteiger partial charge in [-0.25, -0.2) is 8.42 Å². The molecule has 4 nitrogen and oxygen atoms in total. The van der Waals surface area contributed by atoms with E-state index in [4.69, 9.17) is 5.73 Å². The van der Waals surface area contributed by atoms with E-state index in [0.717, 1.165) is 19.5 Å². The highest BCUT2D eigenvalue weighted by atomic mass is 32.2. The maximum atomic E-state index is 11.5. The highest BCUT2D eigenvalue weighted by Crippen LogP contribution is 2.28. The number of hydrogen-bond donors (Lipinski definition) is 1. The SMILES string of the molecule is CCS(=O)(=O)CCCN1CCc2ccccc2C1CN. The Morgan fingerprint density at radius 3 is 2.80 bits per heavy atom. The first-order valence-corrected chi connectivity index (χ1v) is 9.12. The van der Waals surface area contributed by atoms with Crippen molar-refractivity contribution in [2.75, 3.05) is 31.1 Å². The molecular weight excluding hydrogens is 272 g/mol. The molecule has 2 rings (SSSR count). The molecule has 1 aliphatic heterocycles. The van der Waals surface area contributed by atoms with Gasteiger partial charge in [-0.1, -0.05) is 31.2 Å². The predicted octanol–water partition coefficient (Wildman–Crippen LogP) is 1.37. The predicted molar refractivity (Wildman–Crippen MR) is 82.5 cm³/mol. The van der Waals surface area contributed by atoms with Gasteiger partial charge < -0.3 is 5.73 Å². The number of sulfone groups is 1. The molecule has 0 bridgehead atoms. The smallest absolute Gasteiger partial charge is 0.150 e. The van der Waals surface area contributed by atoms with E-state index in [1.807, 2.05) is 6.07 Å². The summed E-state index contributed by atoms with van der Waals surface area (Å²) in [7, 11) is -2.86. The number of benzene rings is 1. The number of hydrogen-bond acceptors (Lipinski definition) is 4. The van der Waals surface area contributed by atoms with Crippen molar-refractivity contribution in [3.63, 3.8) is 0 Å². The Hall–Kier alpha value is -0.910. The lowest BCUT2D eigenvalue weighted by atomic mass is 9.92. The molecule has 0 radical (unpaired) electrons. The van der Waals surface area contributed by atoms with Crippen LogP contribution in [-0.2, 0) is 16.3 Å². The number of nitrogens with zero attached hydrogens (tertiary/aromatic N) is 1. The second kappa shape index (κ2) is 6.70. The van der Waals surface area contributed by atoms with E-state index in [2.05, 4.69) is 23.1 Å². The van der Waals surface area contributed by atoms with Crippen molar-refractivity contribution in [3.8, 4) is 0 Å². The van der Waals surface area contributed by atoms with E-state index in [-0.39, 0.29) is 17.5 Å². The Balaban J connectivity index is 2.00. The summed E-state index contributed by atoms with van der Waals surface area (Å²) in [4.78, 5) is 2.33. The summed E-state index contributed by atoms with van der Waals surface area (Å²) in [5, 5.41) is 0. The van der Waals surface area contributed by atoms with Gasteiger partial charge in [0.05, 0.1) is 5.75 Å². The lowest BCUT2D eigenvalue weighted by Gasteiger charge is -2.36. The van der Waals surface area contributed by atoms with E-state index in [1.165, 1.54) is 11.1 Å². The van der Waals surface area contributed by atoms with Crippen LogP contribution in [-0.4, -0.2) is 44.5 Å². The minimum absolute atomic E-state index is 0.226. The van der Waals surface area contributed by atoms with E-state index < -0.39 is 9.84 Å². The summed E-state index contributed by atoms with van der Waals surface area (Å²) in [6.45, 7) is 4.05. The highest BCUT2D eigenvalue weighted by Gasteiger charge is 2.25. The van der Waals surface area contributed by atoms with Crippen LogP contribution in [0.3, 0.4) is 0 Å². The lowest BCUT2D eigenvalue weighted by Crippen LogP contribution is -2.40. The largest absolute Gasteiger partial charge is 0.329 e. The minimum atomic E-state index is -2.86. The van der Waals surface area contributed by atoms with Crippen LogP contribution in [0.25, 0.3) is 0 Å². The van der Waals surface area contributed by atoms with Crippen molar-refractivity contribution in [3.05, 3.63) is 35.4 Å². The molecule has 1 aromatic carbocycles. The first kappa shape index (κ1) is 15.5. The van der Waals surface area contributed by atoms with Crippen molar-refractivity contribution < 1.29 is 8.42 Å². The summed E-state index contributed by atoms with van der Waals surface area (Å²) in [6.07, 6.45) is 1.71. The van der Waals surface area contributed by atoms with E-state index in [1.54, 1.807) is 6.92 Å². The van der Waals surface area contributed by atoms with Gasteiger partial charge in [-0.15, -0.1) is 0 Å². The van der Waals surface area contributed by atoms with Gasteiger partial charge in [0.15, 0.2) is 0 Å². The van der Waals surface area contributed by atoms with E-state index in [0.29, 0.717) is 13.0 Å². The Labute approximate surface area is 121 Å². The van der Waals surface area contributed by atoms with Crippen molar-refractivity contribution in [2.45, 2.75) is 25.8 Å². The molecule has 0 aliphatic carbocycles. The fourth-order valence-corrected chi connectivity index (χ4v) is 3.74. The maximum Gasteiger partial charge on any atom is 0.150 e. The third-order valence-electron chi connectivity index (χ3n) is 4.09. The summed E-state index contributed by atoms with van der Waals surface area (Å²) in [5.41, 5.74) is 8.61. The molecule has 5 heteroatoms. The molecule has 112 valence electrons. The van der Waals surface area contributed by atoms with Gasteiger partial charge in [0.25, 0.3) is 0 Å². The molecule has 1 heterocycles. The molecule has 2 N–H and O–H groups in total. The Morgan fingerprint density at radius 1 is 1.35 bits per heavy atom. The maximum absolute atomic E-state index is 11.5. The van der Waals surface area contributed by atoms with Crippen molar-refractivity contribution in [2.24, 2.45) is 5.73 Å². The topological polar surface area (TPSA) is 63.4 Å². The van der Waals surface area contributed by atoms with Crippen LogP contribution < -0.4 is 5.73 Å². The quantitative estimate of drug-likeness (QED) is 0.861. The summed E-state index contributed by atoms with van der Waals surface area (Å²) >= 11 is 0. The number of rotatable bonds is 6. The van der Waals surface area contributed by atoms with Crippen LogP contribution >= 0.6 is 0 Å². The molecule has 20 heavy (non-hydrogen) atoms. The molecule has 0 aromatic heterocycles. The van der Waals surface area contributed by atoms with Crippen molar-refractivity contribution >= 4 is 9.84 Å². The Bertz CT molecular complexity index is 543. The van der Waals surface area contributed by atoms with Crippen LogP contribution in [0.5, 0.6) is 0 Å². The zero-order valence-corrected chi connectivity index (χ0v) is 12.9. The highest BCUT2D eigenvalue weighted by molar-refractivity contribution is 7.91. The van der Waals surface area contributed by atoms with Gasteiger partial charge in [-0.2, -0.15) is 0 Å². The number of nitrogens with two attached hydrogens (primary N) is 1. The van der Waals surface area contributed by atoms with Gasteiger partial charge in [0, 0.05) is 24.9 Å². The molecule has 0 saturated carbocycles. The molecule has 1 aliphatic rings. The Morgan fingerprint density at radius 2 is 2.10 bits per heavy atom. The molecule has 0 fully saturated rings. The zero-order valence-electron chi connectivity index (χ0n) is 12.1. The molecule has 1 aromatic rings. The van der Waals surface area contributed by atoms with Gasteiger partial charge in [0.1, 0.15) is 9.84 Å². The van der Waals surface area contributed by atoms with E-state index >= 15 is 0 Å². The number of fused-ring (bicyclic) bond motifs is 1. The summed E-state index contributed by atoms with van der Waals surface area (Å²) in [5.74, 6) is 0.509. The second-order valence-electron chi connectivity index (χ2n) is 5.33. The van der Waals surface area contributed by atoms with Crippen LogP contribution in [0.15, 0.2) is 24.3 Å².